The maximum atomic E-state index is 9.29. The number of aliphatic hydroxyl groups excluding tert-OH is 2. The predicted molar refractivity (Wildman–Crippen MR) is 70.7 cm³/mol. The molecule has 1 heterocycles. The first-order chi connectivity index (χ1) is 9.22. The molecule has 0 saturated carbocycles. The predicted octanol–water partition coefficient (Wildman–Crippen LogP) is 1.06. The smallest absolute Gasteiger partial charge is 0.247 e. The van der Waals surface area contributed by atoms with Crippen LogP contribution in [0.4, 0.5) is 5.69 Å². The average molecular weight is 263 g/mol. The van der Waals surface area contributed by atoms with Gasteiger partial charge >= 0.3 is 0 Å². The first-order valence-electron chi connectivity index (χ1n) is 6.18. The van der Waals surface area contributed by atoms with Crippen LogP contribution < -0.4 is 5.32 Å². The second kappa shape index (κ2) is 6.31. The monoisotopic (exact) mass is 263 g/mol. The topological polar surface area (TPSA) is 91.4 Å². The number of rotatable bonds is 6. The van der Waals surface area contributed by atoms with Crippen molar-refractivity contribution in [3.8, 4) is 11.5 Å². The van der Waals surface area contributed by atoms with E-state index in [1.807, 2.05) is 31.2 Å². The Balaban J connectivity index is 2.10. The van der Waals surface area contributed by atoms with Gasteiger partial charge in [0.2, 0.25) is 11.8 Å². The summed E-state index contributed by atoms with van der Waals surface area (Å²) < 4.78 is 5.48. The van der Waals surface area contributed by atoms with E-state index in [4.69, 9.17) is 9.52 Å². The minimum atomic E-state index is -0.779. The quantitative estimate of drug-likeness (QED) is 0.722. The molecule has 0 saturated heterocycles. The molecule has 0 spiro atoms. The number of aliphatic hydroxyl groups is 2. The molecule has 3 N–H and O–H groups in total. The van der Waals surface area contributed by atoms with Gasteiger partial charge in [0.15, 0.2) is 0 Å². The van der Waals surface area contributed by atoms with Crippen LogP contribution in [0.2, 0.25) is 0 Å². The standard InChI is InChI=1S/C13H17N3O3/c1-2-12-15-16-13(19-12)9-4-3-5-10(6-9)14-7-11(18)8-17/h3-6,11,14,17-18H,2,7-8H2,1H3. The SMILES string of the molecule is CCc1nnc(-c2cccc(NCC(O)CO)c2)o1. The van der Waals surface area contributed by atoms with Crippen molar-refractivity contribution in [3.63, 3.8) is 0 Å². The minimum absolute atomic E-state index is 0.268. The Bertz CT molecular complexity index is 527. The molecule has 2 aromatic rings. The molecule has 1 aromatic heterocycles. The van der Waals surface area contributed by atoms with Crippen molar-refractivity contribution in [3.05, 3.63) is 30.2 Å². The maximum Gasteiger partial charge on any atom is 0.247 e. The third kappa shape index (κ3) is 3.52. The largest absolute Gasteiger partial charge is 0.421 e. The van der Waals surface area contributed by atoms with E-state index in [2.05, 4.69) is 15.5 Å². The van der Waals surface area contributed by atoms with Gasteiger partial charge in [-0.1, -0.05) is 13.0 Å². The Labute approximate surface area is 111 Å². The molecule has 0 fully saturated rings. The summed E-state index contributed by atoms with van der Waals surface area (Å²) in [6.45, 7) is 1.96. The molecule has 6 nitrogen and oxygen atoms in total. The summed E-state index contributed by atoms with van der Waals surface area (Å²) in [5.41, 5.74) is 1.64. The number of hydrogen-bond donors (Lipinski definition) is 3. The van der Waals surface area contributed by atoms with Gasteiger partial charge < -0.3 is 19.9 Å². The van der Waals surface area contributed by atoms with Gasteiger partial charge in [0, 0.05) is 24.2 Å². The Morgan fingerprint density at radius 3 is 2.89 bits per heavy atom. The van der Waals surface area contributed by atoms with Crippen molar-refractivity contribution >= 4 is 5.69 Å². The molecule has 0 radical (unpaired) electrons. The molecular weight excluding hydrogens is 246 g/mol. The van der Waals surface area contributed by atoms with Crippen LogP contribution in [-0.2, 0) is 6.42 Å². The number of anilines is 1. The van der Waals surface area contributed by atoms with E-state index in [-0.39, 0.29) is 13.2 Å². The number of benzene rings is 1. The second-order valence-corrected chi connectivity index (χ2v) is 4.15. The lowest BCUT2D eigenvalue weighted by Gasteiger charge is -2.10. The summed E-state index contributed by atoms with van der Waals surface area (Å²) in [7, 11) is 0. The Morgan fingerprint density at radius 1 is 1.37 bits per heavy atom. The van der Waals surface area contributed by atoms with Crippen LogP contribution in [0.25, 0.3) is 11.5 Å². The molecular formula is C13H17N3O3. The van der Waals surface area contributed by atoms with Crippen LogP contribution in [0.15, 0.2) is 28.7 Å². The van der Waals surface area contributed by atoms with Gasteiger partial charge in [-0.3, -0.25) is 0 Å². The minimum Gasteiger partial charge on any atom is -0.421 e. The lowest BCUT2D eigenvalue weighted by Crippen LogP contribution is -2.22. The molecule has 0 amide bonds. The van der Waals surface area contributed by atoms with Crippen molar-refractivity contribution in [1.82, 2.24) is 10.2 Å². The summed E-state index contributed by atoms with van der Waals surface area (Å²) in [5, 5.41) is 29.0. The van der Waals surface area contributed by atoms with E-state index in [0.717, 1.165) is 11.3 Å². The number of nitrogens with zero attached hydrogens (tertiary/aromatic N) is 2. The van der Waals surface area contributed by atoms with Gasteiger partial charge in [0.1, 0.15) is 0 Å². The van der Waals surface area contributed by atoms with Crippen LogP contribution in [0.3, 0.4) is 0 Å². The highest BCUT2D eigenvalue weighted by molar-refractivity contribution is 5.61. The zero-order valence-corrected chi connectivity index (χ0v) is 10.7. The van der Waals surface area contributed by atoms with E-state index in [1.54, 1.807) is 0 Å². The lowest BCUT2D eigenvalue weighted by atomic mass is 10.2. The molecule has 2 rings (SSSR count). The highest BCUT2D eigenvalue weighted by Gasteiger charge is 2.08. The molecule has 0 aliphatic carbocycles. The first-order valence-corrected chi connectivity index (χ1v) is 6.18. The zero-order valence-electron chi connectivity index (χ0n) is 10.7. The summed E-state index contributed by atoms with van der Waals surface area (Å²) in [6, 6.07) is 7.46. The normalized spacial score (nSPS) is 12.4. The Morgan fingerprint density at radius 2 is 2.21 bits per heavy atom. The van der Waals surface area contributed by atoms with Crippen LogP contribution in [0.5, 0.6) is 0 Å². The number of aryl methyl sites for hydroxylation is 1. The van der Waals surface area contributed by atoms with Gasteiger partial charge in [-0.25, -0.2) is 0 Å². The van der Waals surface area contributed by atoms with Crippen LogP contribution in [-0.4, -0.2) is 39.7 Å². The molecule has 1 atom stereocenters. The van der Waals surface area contributed by atoms with Crippen LogP contribution in [0, 0.1) is 0 Å². The molecule has 102 valence electrons. The molecule has 19 heavy (non-hydrogen) atoms. The van der Waals surface area contributed by atoms with Crippen molar-refractivity contribution in [2.45, 2.75) is 19.4 Å². The second-order valence-electron chi connectivity index (χ2n) is 4.15. The van der Waals surface area contributed by atoms with Gasteiger partial charge in [0.25, 0.3) is 0 Å². The van der Waals surface area contributed by atoms with E-state index in [1.165, 1.54) is 0 Å². The molecule has 6 heteroatoms. The zero-order chi connectivity index (χ0) is 13.7. The number of nitrogens with one attached hydrogen (secondary N) is 1. The van der Waals surface area contributed by atoms with Gasteiger partial charge in [-0.15, -0.1) is 10.2 Å². The fraction of sp³-hybridized carbons (Fsp3) is 0.385. The molecule has 0 bridgehead atoms. The molecule has 0 aliphatic heterocycles. The Hall–Kier alpha value is -1.92. The molecule has 1 aromatic carbocycles. The number of hydrogen-bond acceptors (Lipinski definition) is 6. The van der Waals surface area contributed by atoms with Crippen molar-refractivity contribution in [2.75, 3.05) is 18.5 Å². The average Bonchev–Trinajstić information content (AvgIpc) is 2.94. The summed E-state index contributed by atoms with van der Waals surface area (Å²) >= 11 is 0. The third-order valence-corrected chi connectivity index (χ3v) is 2.63. The fourth-order valence-electron chi connectivity index (χ4n) is 1.58. The third-order valence-electron chi connectivity index (χ3n) is 2.63. The molecule has 0 aliphatic rings. The lowest BCUT2D eigenvalue weighted by molar-refractivity contribution is 0.105. The first kappa shape index (κ1) is 13.5. The Kier molecular flexibility index (Phi) is 4.48. The van der Waals surface area contributed by atoms with Gasteiger partial charge in [0.05, 0.1) is 12.7 Å². The van der Waals surface area contributed by atoms with Gasteiger partial charge in [-0.05, 0) is 18.2 Å². The number of aromatic nitrogens is 2. The fourth-order valence-corrected chi connectivity index (χ4v) is 1.58. The van der Waals surface area contributed by atoms with Gasteiger partial charge in [-0.2, -0.15) is 0 Å². The summed E-state index contributed by atoms with van der Waals surface area (Å²) in [5.74, 6) is 1.08. The highest BCUT2D eigenvalue weighted by Crippen LogP contribution is 2.21. The van der Waals surface area contributed by atoms with Crippen molar-refractivity contribution in [1.29, 1.82) is 0 Å². The summed E-state index contributed by atoms with van der Waals surface area (Å²) in [6.07, 6.45) is -0.0769. The van der Waals surface area contributed by atoms with E-state index in [9.17, 15) is 5.11 Å². The van der Waals surface area contributed by atoms with E-state index in [0.29, 0.717) is 18.2 Å². The van der Waals surface area contributed by atoms with Crippen LogP contribution >= 0.6 is 0 Å². The van der Waals surface area contributed by atoms with Crippen molar-refractivity contribution in [2.24, 2.45) is 0 Å². The highest BCUT2D eigenvalue weighted by atomic mass is 16.4. The van der Waals surface area contributed by atoms with Crippen LogP contribution in [0.1, 0.15) is 12.8 Å². The summed E-state index contributed by atoms with van der Waals surface area (Å²) in [4.78, 5) is 0. The van der Waals surface area contributed by atoms with Crippen molar-refractivity contribution < 1.29 is 14.6 Å². The maximum absolute atomic E-state index is 9.29. The van der Waals surface area contributed by atoms with E-state index < -0.39 is 6.10 Å². The van der Waals surface area contributed by atoms with E-state index >= 15 is 0 Å². The molecule has 1 unspecified atom stereocenters.